The van der Waals surface area contributed by atoms with Gasteiger partial charge in [0, 0.05) is 0 Å². The number of carboxylic acid groups (broad SMARTS) is 1. The van der Waals surface area contributed by atoms with Crippen LogP contribution in [0.15, 0.2) is 24.3 Å². The van der Waals surface area contributed by atoms with Gasteiger partial charge in [-0.3, -0.25) is 4.79 Å². The van der Waals surface area contributed by atoms with Crippen LogP contribution >= 0.6 is 0 Å². The van der Waals surface area contributed by atoms with Crippen LogP contribution in [0.3, 0.4) is 0 Å². The highest BCUT2D eigenvalue weighted by molar-refractivity contribution is 5.68. The highest BCUT2D eigenvalue weighted by Gasteiger charge is 2.37. The number of aliphatic carboxylic acids is 1. The predicted octanol–water partition coefficient (Wildman–Crippen LogP) is 6.32. The van der Waals surface area contributed by atoms with E-state index in [-0.39, 0.29) is 12.3 Å². The van der Waals surface area contributed by atoms with Gasteiger partial charge in [-0.15, -0.1) is 0 Å². The van der Waals surface area contributed by atoms with Gasteiger partial charge in [0.25, 0.3) is 0 Å². The summed E-state index contributed by atoms with van der Waals surface area (Å²) in [6.07, 6.45) is 14.5. The molecule has 2 unspecified atom stereocenters. The van der Waals surface area contributed by atoms with Crippen LogP contribution in [0.2, 0.25) is 0 Å². The molecule has 0 saturated heterocycles. The minimum Gasteiger partial charge on any atom is -0.490 e. The Kier molecular flexibility index (Phi) is 6.61. The summed E-state index contributed by atoms with van der Waals surface area (Å²) >= 11 is 0. The highest BCUT2D eigenvalue weighted by Crippen LogP contribution is 2.48. The monoisotopic (exact) mass is 358 g/mol. The Balaban J connectivity index is 1.60. The quantitative estimate of drug-likeness (QED) is 0.620. The van der Waals surface area contributed by atoms with Gasteiger partial charge in [0.1, 0.15) is 5.75 Å². The molecule has 1 spiro atoms. The van der Waals surface area contributed by atoms with E-state index in [2.05, 4.69) is 19.1 Å². The lowest BCUT2D eigenvalue weighted by Gasteiger charge is -2.43. The maximum absolute atomic E-state index is 11.1. The standard InChI is InChI=1S/C23H34O3/c1-2-7-19(16-22(24)25)18-9-11-20(12-10-18)26-21-8-6-15-23(17-21)13-4-3-5-14-23/h9-12,19,21H,2-8,13-17H2,1H3,(H,24,25). The molecule has 0 heterocycles. The SMILES string of the molecule is CCCC(CC(=O)O)c1ccc(OC2CCCC3(CCCCC3)C2)cc1. The van der Waals surface area contributed by atoms with Crippen LogP contribution in [0, 0.1) is 5.41 Å². The highest BCUT2D eigenvalue weighted by atomic mass is 16.5. The molecule has 1 aromatic rings. The molecule has 0 aliphatic heterocycles. The Morgan fingerprint density at radius 3 is 2.50 bits per heavy atom. The van der Waals surface area contributed by atoms with E-state index in [1.807, 2.05) is 12.1 Å². The van der Waals surface area contributed by atoms with Gasteiger partial charge in [-0.2, -0.15) is 0 Å². The van der Waals surface area contributed by atoms with Crippen molar-refractivity contribution < 1.29 is 14.6 Å². The molecule has 2 atom stereocenters. The largest absolute Gasteiger partial charge is 0.490 e. The molecule has 0 bridgehead atoms. The van der Waals surface area contributed by atoms with E-state index in [0.29, 0.717) is 11.5 Å². The van der Waals surface area contributed by atoms with Crippen molar-refractivity contribution in [2.75, 3.05) is 0 Å². The number of rotatable bonds is 7. The fraction of sp³-hybridized carbons (Fsp3) is 0.696. The Bertz CT molecular complexity index is 566. The van der Waals surface area contributed by atoms with E-state index in [9.17, 15) is 4.79 Å². The first-order valence-corrected chi connectivity index (χ1v) is 10.6. The van der Waals surface area contributed by atoms with Gasteiger partial charge < -0.3 is 9.84 Å². The Hall–Kier alpha value is -1.51. The molecule has 2 aliphatic rings. The number of carbonyl (C=O) groups is 1. The zero-order valence-corrected chi connectivity index (χ0v) is 16.2. The second kappa shape index (κ2) is 8.92. The summed E-state index contributed by atoms with van der Waals surface area (Å²) in [5, 5.41) is 9.14. The molecular formula is C23H34O3. The molecule has 3 nitrogen and oxygen atoms in total. The zero-order chi connectivity index (χ0) is 18.4. The molecule has 26 heavy (non-hydrogen) atoms. The zero-order valence-electron chi connectivity index (χ0n) is 16.2. The molecule has 2 aliphatic carbocycles. The summed E-state index contributed by atoms with van der Waals surface area (Å²) in [7, 11) is 0. The molecule has 3 rings (SSSR count). The smallest absolute Gasteiger partial charge is 0.303 e. The van der Waals surface area contributed by atoms with Crippen molar-refractivity contribution in [3.05, 3.63) is 29.8 Å². The molecule has 1 aromatic carbocycles. The molecule has 0 amide bonds. The van der Waals surface area contributed by atoms with Crippen LogP contribution < -0.4 is 4.74 Å². The van der Waals surface area contributed by atoms with E-state index < -0.39 is 5.97 Å². The minimum absolute atomic E-state index is 0.103. The third-order valence-electron chi connectivity index (χ3n) is 6.52. The first kappa shape index (κ1) is 19.3. The van der Waals surface area contributed by atoms with Crippen LogP contribution in [0.5, 0.6) is 5.75 Å². The fourth-order valence-electron chi connectivity index (χ4n) is 5.21. The molecule has 0 radical (unpaired) electrons. The maximum atomic E-state index is 11.1. The van der Waals surface area contributed by atoms with Gasteiger partial charge in [0.2, 0.25) is 0 Å². The molecule has 2 saturated carbocycles. The van der Waals surface area contributed by atoms with Crippen LogP contribution in [-0.2, 0) is 4.79 Å². The van der Waals surface area contributed by atoms with Gasteiger partial charge in [-0.25, -0.2) is 0 Å². The van der Waals surface area contributed by atoms with Gasteiger partial charge in [0.05, 0.1) is 12.5 Å². The first-order valence-electron chi connectivity index (χ1n) is 10.6. The lowest BCUT2D eigenvalue weighted by molar-refractivity contribution is -0.137. The predicted molar refractivity (Wildman–Crippen MR) is 105 cm³/mol. The van der Waals surface area contributed by atoms with Crippen LogP contribution in [0.1, 0.15) is 95.5 Å². The van der Waals surface area contributed by atoms with Crippen LogP contribution in [-0.4, -0.2) is 17.2 Å². The number of benzene rings is 1. The van der Waals surface area contributed by atoms with Crippen molar-refractivity contribution in [3.8, 4) is 5.75 Å². The lowest BCUT2D eigenvalue weighted by atomic mass is 9.65. The van der Waals surface area contributed by atoms with E-state index in [0.717, 1.165) is 24.2 Å². The third kappa shape index (κ3) is 5.02. The normalized spacial score (nSPS) is 23.5. The number of carboxylic acids is 1. The van der Waals surface area contributed by atoms with Crippen molar-refractivity contribution in [3.63, 3.8) is 0 Å². The number of ether oxygens (including phenoxy) is 1. The number of hydrogen-bond acceptors (Lipinski definition) is 2. The van der Waals surface area contributed by atoms with Crippen molar-refractivity contribution in [1.29, 1.82) is 0 Å². The Morgan fingerprint density at radius 1 is 1.15 bits per heavy atom. The molecular weight excluding hydrogens is 324 g/mol. The second-order valence-corrected chi connectivity index (χ2v) is 8.55. The summed E-state index contributed by atoms with van der Waals surface area (Å²) in [6, 6.07) is 8.22. The fourth-order valence-corrected chi connectivity index (χ4v) is 5.21. The summed E-state index contributed by atoms with van der Waals surface area (Å²) in [5.74, 6) is 0.327. The van der Waals surface area contributed by atoms with Crippen molar-refractivity contribution in [2.45, 2.75) is 96.0 Å². The van der Waals surface area contributed by atoms with Crippen LogP contribution in [0.25, 0.3) is 0 Å². The van der Waals surface area contributed by atoms with Gasteiger partial charge >= 0.3 is 5.97 Å². The number of hydrogen-bond donors (Lipinski definition) is 1. The van der Waals surface area contributed by atoms with Gasteiger partial charge in [0.15, 0.2) is 0 Å². The summed E-state index contributed by atoms with van der Waals surface area (Å²) < 4.78 is 6.34. The third-order valence-corrected chi connectivity index (χ3v) is 6.52. The van der Waals surface area contributed by atoms with E-state index in [1.54, 1.807) is 0 Å². The van der Waals surface area contributed by atoms with Crippen LogP contribution in [0.4, 0.5) is 0 Å². The van der Waals surface area contributed by atoms with Crippen molar-refractivity contribution in [1.82, 2.24) is 0 Å². The van der Waals surface area contributed by atoms with Crippen molar-refractivity contribution in [2.24, 2.45) is 5.41 Å². The molecule has 2 fully saturated rings. The topological polar surface area (TPSA) is 46.5 Å². The summed E-state index contributed by atoms with van der Waals surface area (Å²) in [4.78, 5) is 11.1. The average molecular weight is 359 g/mol. The van der Waals surface area contributed by atoms with E-state index in [4.69, 9.17) is 9.84 Å². The Morgan fingerprint density at radius 2 is 1.85 bits per heavy atom. The lowest BCUT2D eigenvalue weighted by Crippen LogP contribution is -2.35. The summed E-state index contributed by atoms with van der Waals surface area (Å²) in [6.45, 7) is 2.11. The molecule has 1 N–H and O–H groups in total. The Labute approximate surface area is 158 Å². The molecule has 3 heteroatoms. The van der Waals surface area contributed by atoms with Crippen molar-refractivity contribution >= 4 is 5.97 Å². The average Bonchev–Trinajstić information content (AvgIpc) is 2.62. The van der Waals surface area contributed by atoms with Gasteiger partial charge in [-0.1, -0.05) is 44.7 Å². The maximum Gasteiger partial charge on any atom is 0.303 e. The van der Waals surface area contributed by atoms with Gasteiger partial charge in [-0.05, 0) is 74.0 Å². The van der Waals surface area contributed by atoms with E-state index >= 15 is 0 Å². The molecule has 144 valence electrons. The van der Waals surface area contributed by atoms with E-state index in [1.165, 1.54) is 57.8 Å². The molecule has 0 aromatic heterocycles. The first-order chi connectivity index (χ1) is 12.6. The second-order valence-electron chi connectivity index (χ2n) is 8.55. The minimum atomic E-state index is -0.719. The summed E-state index contributed by atoms with van der Waals surface area (Å²) in [5.41, 5.74) is 1.67.